The number of hydrogen-bond acceptors (Lipinski definition) is 6. The van der Waals surface area contributed by atoms with Crippen molar-refractivity contribution in [1.29, 1.82) is 0 Å². The Balaban J connectivity index is 1.36. The summed E-state index contributed by atoms with van der Waals surface area (Å²) < 4.78 is 0.533. The Labute approximate surface area is 200 Å². The van der Waals surface area contributed by atoms with Gasteiger partial charge in [0.05, 0.1) is 10.5 Å². The first kappa shape index (κ1) is 23.9. The van der Waals surface area contributed by atoms with Crippen LogP contribution < -0.4 is 10.9 Å². The fourth-order valence-electron chi connectivity index (χ4n) is 2.89. The summed E-state index contributed by atoms with van der Waals surface area (Å²) in [6, 6.07) is 10.5. The Kier molecular flexibility index (Phi) is 8.78. The lowest BCUT2D eigenvalue weighted by molar-refractivity contribution is -0.123. The molecule has 7 nitrogen and oxygen atoms in total. The van der Waals surface area contributed by atoms with E-state index in [1.54, 1.807) is 41.4 Å². The summed E-state index contributed by atoms with van der Waals surface area (Å²) in [7, 11) is 0. The van der Waals surface area contributed by atoms with Gasteiger partial charge >= 0.3 is 0 Å². The van der Waals surface area contributed by atoms with Crippen LogP contribution in [0.3, 0.4) is 0 Å². The van der Waals surface area contributed by atoms with Gasteiger partial charge in [-0.1, -0.05) is 54.1 Å². The van der Waals surface area contributed by atoms with Crippen molar-refractivity contribution in [1.82, 2.24) is 20.7 Å². The standard InChI is InChI=1S/C22H21ClN4O3S2/c23-17-9-7-15(8-10-17)13-18-21(30)27(22(31)32-18)12-3-1-2-6-19(28)25-26-20(29)16-5-4-11-24-14-16/h4-5,7-11,13-14H,1-3,6,12H2,(H,25,28)(H,26,29)/b18-13-. The van der Waals surface area contributed by atoms with E-state index in [-0.39, 0.29) is 18.2 Å². The number of benzene rings is 1. The van der Waals surface area contributed by atoms with E-state index in [2.05, 4.69) is 15.8 Å². The molecule has 0 unspecified atom stereocenters. The average Bonchev–Trinajstić information content (AvgIpc) is 3.06. The van der Waals surface area contributed by atoms with E-state index in [1.165, 1.54) is 18.0 Å². The van der Waals surface area contributed by atoms with Crippen LogP contribution in [-0.4, -0.2) is 38.5 Å². The summed E-state index contributed by atoms with van der Waals surface area (Å²) >= 11 is 12.5. The third-order valence-electron chi connectivity index (χ3n) is 4.57. The van der Waals surface area contributed by atoms with Crippen molar-refractivity contribution in [2.75, 3.05) is 6.54 Å². The normalized spacial score (nSPS) is 14.7. The Morgan fingerprint density at radius 3 is 2.62 bits per heavy atom. The van der Waals surface area contributed by atoms with Gasteiger partial charge in [-0.15, -0.1) is 0 Å². The SMILES string of the molecule is O=C(CCCCCN1C(=O)/C(=C/c2ccc(Cl)cc2)SC1=S)NNC(=O)c1cccnc1. The summed E-state index contributed by atoms with van der Waals surface area (Å²) in [5, 5.41) is 0.638. The van der Waals surface area contributed by atoms with Gasteiger partial charge < -0.3 is 0 Å². The Morgan fingerprint density at radius 1 is 1.12 bits per heavy atom. The van der Waals surface area contributed by atoms with E-state index in [1.807, 2.05) is 12.1 Å². The monoisotopic (exact) mass is 488 g/mol. The van der Waals surface area contributed by atoms with Gasteiger partial charge in [0.2, 0.25) is 5.91 Å². The van der Waals surface area contributed by atoms with Crippen molar-refractivity contribution >= 4 is 63.7 Å². The molecule has 0 atom stereocenters. The van der Waals surface area contributed by atoms with Gasteiger partial charge in [0.1, 0.15) is 4.32 Å². The molecule has 1 aromatic carbocycles. The summed E-state index contributed by atoms with van der Waals surface area (Å²) in [6.45, 7) is 0.502. The van der Waals surface area contributed by atoms with Crippen LogP contribution in [0.15, 0.2) is 53.7 Å². The second kappa shape index (κ2) is 11.8. The number of carbonyl (C=O) groups is 3. The van der Waals surface area contributed by atoms with Crippen LogP contribution in [0, 0.1) is 0 Å². The highest BCUT2D eigenvalue weighted by Gasteiger charge is 2.31. The number of thiocarbonyl (C=S) groups is 1. The molecule has 1 fully saturated rings. The maximum absolute atomic E-state index is 12.6. The van der Waals surface area contributed by atoms with Gasteiger partial charge in [0, 0.05) is 30.4 Å². The lowest BCUT2D eigenvalue weighted by Crippen LogP contribution is -2.41. The molecule has 10 heteroatoms. The fourth-order valence-corrected chi connectivity index (χ4v) is 4.33. The summed E-state index contributed by atoms with van der Waals surface area (Å²) in [6.07, 6.45) is 7.15. The summed E-state index contributed by atoms with van der Waals surface area (Å²) in [5.74, 6) is -0.808. The van der Waals surface area contributed by atoms with E-state index >= 15 is 0 Å². The number of hydrogen-bond donors (Lipinski definition) is 2. The lowest BCUT2D eigenvalue weighted by Gasteiger charge is -2.14. The summed E-state index contributed by atoms with van der Waals surface area (Å²) in [4.78, 5) is 42.4. The zero-order valence-electron chi connectivity index (χ0n) is 17.0. The number of rotatable bonds is 8. The first-order valence-corrected chi connectivity index (χ1v) is 11.5. The molecule has 1 saturated heterocycles. The van der Waals surface area contributed by atoms with Gasteiger partial charge in [-0.25, -0.2) is 0 Å². The number of thioether (sulfide) groups is 1. The van der Waals surface area contributed by atoms with Gasteiger partial charge in [-0.2, -0.15) is 0 Å². The minimum Gasteiger partial charge on any atom is -0.293 e. The third-order valence-corrected chi connectivity index (χ3v) is 6.20. The molecule has 2 heterocycles. The highest BCUT2D eigenvalue weighted by molar-refractivity contribution is 8.26. The van der Waals surface area contributed by atoms with Crippen LogP contribution in [0.25, 0.3) is 6.08 Å². The van der Waals surface area contributed by atoms with E-state index in [0.29, 0.717) is 32.8 Å². The zero-order chi connectivity index (χ0) is 22.9. The zero-order valence-corrected chi connectivity index (χ0v) is 19.4. The number of unbranched alkanes of at least 4 members (excludes halogenated alkanes) is 2. The predicted molar refractivity (Wildman–Crippen MR) is 130 cm³/mol. The lowest BCUT2D eigenvalue weighted by atomic mass is 10.2. The number of carbonyl (C=O) groups excluding carboxylic acids is 3. The molecule has 0 saturated carbocycles. The van der Waals surface area contributed by atoms with Gasteiger partial charge in [-0.3, -0.25) is 35.1 Å². The number of halogens is 1. The molecule has 32 heavy (non-hydrogen) atoms. The van der Waals surface area contributed by atoms with Gasteiger partial charge in [-0.05, 0) is 48.7 Å². The Bertz CT molecular complexity index is 1030. The number of aromatic nitrogens is 1. The molecule has 166 valence electrons. The van der Waals surface area contributed by atoms with Crippen LogP contribution in [0.1, 0.15) is 41.6 Å². The maximum atomic E-state index is 12.6. The number of pyridine rings is 1. The van der Waals surface area contributed by atoms with E-state index in [0.717, 1.165) is 18.4 Å². The number of nitrogens with one attached hydrogen (secondary N) is 2. The van der Waals surface area contributed by atoms with Crippen molar-refractivity contribution in [3.63, 3.8) is 0 Å². The van der Waals surface area contributed by atoms with Crippen molar-refractivity contribution < 1.29 is 14.4 Å². The molecule has 0 spiro atoms. The predicted octanol–water partition coefficient (Wildman–Crippen LogP) is 3.96. The smallest absolute Gasteiger partial charge is 0.271 e. The maximum Gasteiger partial charge on any atom is 0.271 e. The molecule has 1 aliphatic heterocycles. The molecule has 3 rings (SSSR count). The van der Waals surface area contributed by atoms with Crippen molar-refractivity contribution in [3.05, 3.63) is 69.8 Å². The quantitative estimate of drug-likeness (QED) is 0.253. The Hall–Kier alpha value is -2.75. The number of hydrazine groups is 1. The average molecular weight is 489 g/mol. The summed E-state index contributed by atoms with van der Waals surface area (Å²) in [5.41, 5.74) is 6.00. The highest BCUT2D eigenvalue weighted by atomic mass is 35.5. The molecule has 1 aromatic heterocycles. The molecule has 3 amide bonds. The molecule has 1 aliphatic rings. The van der Waals surface area contributed by atoms with Crippen LogP contribution >= 0.6 is 35.6 Å². The molecule has 0 radical (unpaired) electrons. The Morgan fingerprint density at radius 2 is 1.91 bits per heavy atom. The van der Waals surface area contributed by atoms with Crippen molar-refractivity contribution in [2.24, 2.45) is 0 Å². The highest BCUT2D eigenvalue weighted by Crippen LogP contribution is 2.32. The minimum absolute atomic E-state index is 0.106. The first-order chi connectivity index (χ1) is 15.4. The van der Waals surface area contributed by atoms with Crippen LogP contribution in [0.2, 0.25) is 5.02 Å². The van der Waals surface area contributed by atoms with E-state index in [4.69, 9.17) is 23.8 Å². The molecule has 2 aromatic rings. The fraction of sp³-hybridized carbons (Fsp3) is 0.227. The van der Waals surface area contributed by atoms with E-state index in [9.17, 15) is 14.4 Å². The second-order valence-corrected chi connectivity index (χ2v) is 9.05. The first-order valence-electron chi connectivity index (χ1n) is 9.94. The second-order valence-electron chi connectivity index (χ2n) is 6.94. The topological polar surface area (TPSA) is 91.4 Å². The van der Waals surface area contributed by atoms with Gasteiger partial charge in [0.25, 0.3) is 11.8 Å². The minimum atomic E-state index is -0.424. The van der Waals surface area contributed by atoms with E-state index < -0.39 is 5.91 Å². The van der Waals surface area contributed by atoms with Crippen LogP contribution in [0.4, 0.5) is 0 Å². The molecule has 2 N–H and O–H groups in total. The van der Waals surface area contributed by atoms with Crippen molar-refractivity contribution in [2.45, 2.75) is 25.7 Å². The van der Waals surface area contributed by atoms with Crippen LogP contribution in [0.5, 0.6) is 0 Å². The molecular weight excluding hydrogens is 468 g/mol. The molecule has 0 bridgehead atoms. The molecule has 0 aliphatic carbocycles. The van der Waals surface area contributed by atoms with Crippen LogP contribution in [-0.2, 0) is 9.59 Å². The van der Waals surface area contributed by atoms with Gasteiger partial charge in [0.15, 0.2) is 0 Å². The number of nitrogens with zero attached hydrogens (tertiary/aromatic N) is 2. The third kappa shape index (κ3) is 6.88. The van der Waals surface area contributed by atoms with Crippen molar-refractivity contribution in [3.8, 4) is 0 Å². The number of amides is 3. The largest absolute Gasteiger partial charge is 0.293 e. The molecular formula is C22H21ClN4O3S2.